The number of hydrogen-bond acceptors (Lipinski definition) is 4. The van der Waals surface area contributed by atoms with Crippen molar-refractivity contribution in [3.63, 3.8) is 0 Å². The molecule has 0 amide bonds. The topological polar surface area (TPSA) is 72.5 Å². The lowest BCUT2D eigenvalue weighted by atomic mass is 9.89. The standard InChI is InChI=1S/C14H21NO3.ClH/c1-4-9(2)13(16)12(15)10-7-5-6-8-11(10)14(17)18-3;/h5-9,12-13,16H,4,15H2,1-3H3;1H/t9?,12-,13+;/m1./s1. The predicted octanol–water partition coefficient (Wildman–Crippen LogP) is 2.30. The van der Waals surface area contributed by atoms with Crippen molar-refractivity contribution in [2.24, 2.45) is 11.7 Å². The maximum atomic E-state index is 11.6. The summed E-state index contributed by atoms with van der Waals surface area (Å²) >= 11 is 0. The van der Waals surface area contributed by atoms with Crippen LogP contribution in [0.15, 0.2) is 24.3 Å². The summed E-state index contributed by atoms with van der Waals surface area (Å²) in [5, 5.41) is 10.1. The van der Waals surface area contributed by atoms with Gasteiger partial charge in [-0.3, -0.25) is 0 Å². The fourth-order valence-electron chi connectivity index (χ4n) is 1.86. The second kappa shape index (κ2) is 8.15. The van der Waals surface area contributed by atoms with Crippen LogP contribution in [0, 0.1) is 5.92 Å². The van der Waals surface area contributed by atoms with Crippen molar-refractivity contribution >= 4 is 18.4 Å². The Balaban J connectivity index is 0.00000324. The predicted molar refractivity (Wildman–Crippen MR) is 77.4 cm³/mol. The van der Waals surface area contributed by atoms with Gasteiger partial charge < -0.3 is 15.6 Å². The first-order chi connectivity index (χ1) is 8.52. The third kappa shape index (κ3) is 4.20. The number of ether oxygens (including phenoxy) is 1. The van der Waals surface area contributed by atoms with Crippen molar-refractivity contribution in [3.05, 3.63) is 35.4 Å². The van der Waals surface area contributed by atoms with Gasteiger partial charge in [0.1, 0.15) is 0 Å². The first-order valence-corrected chi connectivity index (χ1v) is 6.13. The molecule has 0 spiro atoms. The Hall–Kier alpha value is -1.10. The summed E-state index contributed by atoms with van der Waals surface area (Å²) in [7, 11) is 1.33. The summed E-state index contributed by atoms with van der Waals surface area (Å²) in [5.74, 6) is -0.358. The molecule has 0 saturated carbocycles. The molecule has 1 unspecified atom stereocenters. The lowest BCUT2D eigenvalue weighted by Crippen LogP contribution is -2.32. The van der Waals surface area contributed by atoms with Crippen LogP contribution in [0.4, 0.5) is 0 Å². The van der Waals surface area contributed by atoms with E-state index in [0.29, 0.717) is 11.1 Å². The number of rotatable bonds is 5. The zero-order valence-corrected chi connectivity index (χ0v) is 12.3. The lowest BCUT2D eigenvalue weighted by Gasteiger charge is -2.25. The summed E-state index contributed by atoms with van der Waals surface area (Å²) in [6, 6.07) is 6.37. The maximum absolute atomic E-state index is 11.6. The van der Waals surface area contributed by atoms with E-state index in [1.54, 1.807) is 24.3 Å². The van der Waals surface area contributed by atoms with Crippen LogP contribution >= 0.6 is 12.4 Å². The Labute approximate surface area is 120 Å². The molecule has 1 aromatic rings. The van der Waals surface area contributed by atoms with E-state index in [9.17, 15) is 9.90 Å². The van der Waals surface area contributed by atoms with Gasteiger partial charge >= 0.3 is 5.97 Å². The van der Waals surface area contributed by atoms with E-state index in [4.69, 9.17) is 10.5 Å². The average Bonchev–Trinajstić information content (AvgIpc) is 2.43. The second-order valence-electron chi connectivity index (χ2n) is 4.48. The van der Waals surface area contributed by atoms with Crippen LogP contribution < -0.4 is 5.73 Å². The molecular weight excluding hydrogens is 266 g/mol. The van der Waals surface area contributed by atoms with Crippen LogP contribution in [0.3, 0.4) is 0 Å². The van der Waals surface area contributed by atoms with Gasteiger partial charge in [0, 0.05) is 0 Å². The minimum absolute atomic E-state index is 0. The number of benzene rings is 1. The van der Waals surface area contributed by atoms with Crippen molar-refractivity contribution in [2.45, 2.75) is 32.4 Å². The van der Waals surface area contributed by atoms with E-state index in [1.807, 2.05) is 13.8 Å². The van der Waals surface area contributed by atoms with E-state index in [1.165, 1.54) is 7.11 Å². The zero-order valence-electron chi connectivity index (χ0n) is 11.5. The number of carbonyl (C=O) groups excluding carboxylic acids is 1. The number of aliphatic hydroxyl groups is 1. The van der Waals surface area contributed by atoms with Gasteiger partial charge in [0.2, 0.25) is 0 Å². The number of carbonyl (C=O) groups is 1. The maximum Gasteiger partial charge on any atom is 0.338 e. The molecule has 0 fully saturated rings. The van der Waals surface area contributed by atoms with Crippen LogP contribution in [-0.2, 0) is 4.74 Å². The Morgan fingerprint density at radius 3 is 2.53 bits per heavy atom. The van der Waals surface area contributed by atoms with Crippen LogP contribution in [0.2, 0.25) is 0 Å². The molecular formula is C14H22ClNO3. The third-order valence-corrected chi connectivity index (χ3v) is 3.32. The van der Waals surface area contributed by atoms with Gasteiger partial charge in [0.25, 0.3) is 0 Å². The number of esters is 1. The van der Waals surface area contributed by atoms with Gasteiger partial charge in [-0.1, -0.05) is 38.5 Å². The van der Waals surface area contributed by atoms with Crippen molar-refractivity contribution < 1.29 is 14.6 Å². The summed E-state index contributed by atoms with van der Waals surface area (Å²) in [6.07, 6.45) is 0.149. The van der Waals surface area contributed by atoms with Gasteiger partial charge in [0.05, 0.1) is 24.8 Å². The smallest absolute Gasteiger partial charge is 0.338 e. The number of methoxy groups -OCH3 is 1. The lowest BCUT2D eigenvalue weighted by molar-refractivity contribution is 0.0592. The number of hydrogen-bond donors (Lipinski definition) is 2. The van der Waals surface area contributed by atoms with Crippen LogP contribution in [-0.4, -0.2) is 24.3 Å². The highest BCUT2D eigenvalue weighted by molar-refractivity contribution is 5.91. The number of halogens is 1. The Morgan fingerprint density at radius 1 is 1.42 bits per heavy atom. The minimum atomic E-state index is -0.680. The van der Waals surface area contributed by atoms with Gasteiger partial charge in [-0.2, -0.15) is 0 Å². The summed E-state index contributed by atoms with van der Waals surface area (Å²) in [6.45, 7) is 3.93. The molecule has 0 bridgehead atoms. The molecule has 19 heavy (non-hydrogen) atoms. The normalized spacial score (nSPS) is 15.0. The second-order valence-corrected chi connectivity index (χ2v) is 4.48. The van der Waals surface area contributed by atoms with Crippen molar-refractivity contribution in [2.75, 3.05) is 7.11 Å². The minimum Gasteiger partial charge on any atom is -0.465 e. The van der Waals surface area contributed by atoms with Crippen molar-refractivity contribution in [3.8, 4) is 0 Å². The van der Waals surface area contributed by atoms with E-state index < -0.39 is 18.1 Å². The first-order valence-electron chi connectivity index (χ1n) is 6.13. The van der Waals surface area contributed by atoms with Gasteiger partial charge in [0.15, 0.2) is 0 Å². The van der Waals surface area contributed by atoms with E-state index in [2.05, 4.69) is 0 Å². The summed E-state index contributed by atoms with van der Waals surface area (Å²) < 4.78 is 4.72. The van der Waals surface area contributed by atoms with Crippen molar-refractivity contribution in [1.29, 1.82) is 0 Å². The van der Waals surface area contributed by atoms with Crippen LogP contribution in [0.5, 0.6) is 0 Å². The summed E-state index contributed by atoms with van der Waals surface area (Å²) in [5.41, 5.74) is 7.08. The van der Waals surface area contributed by atoms with E-state index in [-0.39, 0.29) is 18.3 Å². The molecule has 3 N–H and O–H groups in total. The number of nitrogens with two attached hydrogens (primary N) is 1. The molecule has 0 aliphatic carbocycles. The SMILES string of the molecule is CCC(C)[C@H](O)[C@H](N)c1ccccc1C(=O)OC.Cl. The van der Waals surface area contributed by atoms with E-state index >= 15 is 0 Å². The molecule has 4 nitrogen and oxygen atoms in total. The molecule has 0 heterocycles. The Kier molecular flexibility index (Phi) is 7.68. The van der Waals surface area contributed by atoms with E-state index in [0.717, 1.165) is 6.42 Å². The highest BCUT2D eigenvalue weighted by Gasteiger charge is 2.25. The van der Waals surface area contributed by atoms with Crippen LogP contribution in [0.1, 0.15) is 42.2 Å². The Morgan fingerprint density at radius 2 is 2.00 bits per heavy atom. The van der Waals surface area contributed by atoms with Crippen molar-refractivity contribution in [1.82, 2.24) is 0 Å². The molecule has 1 rings (SSSR count). The summed E-state index contributed by atoms with van der Waals surface area (Å²) in [4.78, 5) is 11.6. The molecule has 5 heteroatoms. The highest BCUT2D eigenvalue weighted by atomic mass is 35.5. The molecule has 108 valence electrons. The molecule has 0 aromatic heterocycles. The average molecular weight is 288 g/mol. The van der Waals surface area contributed by atoms with Gasteiger partial charge in [-0.25, -0.2) is 4.79 Å². The largest absolute Gasteiger partial charge is 0.465 e. The fraction of sp³-hybridized carbons (Fsp3) is 0.500. The highest BCUT2D eigenvalue weighted by Crippen LogP contribution is 2.24. The molecule has 1 aromatic carbocycles. The zero-order chi connectivity index (χ0) is 13.7. The van der Waals surface area contributed by atoms with Crippen LogP contribution in [0.25, 0.3) is 0 Å². The molecule has 3 atom stereocenters. The first kappa shape index (κ1) is 17.9. The van der Waals surface area contributed by atoms with Gasteiger partial charge in [-0.15, -0.1) is 12.4 Å². The fourth-order valence-corrected chi connectivity index (χ4v) is 1.86. The molecule has 0 aliphatic rings. The third-order valence-electron chi connectivity index (χ3n) is 3.32. The quantitative estimate of drug-likeness (QED) is 0.815. The monoisotopic (exact) mass is 287 g/mol. The Bertz CT molecular complexity index is 411. The molecule has 0 radical (unpaired) electrons. The van der Waals surface area contributed by atoms with Gasteiger partial charge in [-0.05, 0) is 17.5 Å². The molecule has 0 aliphatic heterocycles. The molecule has 0 saturated heterocycles. The number of aliphatic hydroxyl groups excluding tert-OH is 1.